The molecule has 5 aromatic rings. The number of fused-ring (bicyclic) bond motifs is 3. The molecule has 0 aliphatic carbocycles. The van der Waals surface area contributed by atoms with Crippen molar-refractivity contribution in [1.82, 2.24) is 29.5 Å². The molecule has 0 bridgehead atoms. The van der Waals surface area contributed by atoms with Gasteiger partial charge in [-0.15, -0.1) is 5.10 Å². The summed E-state index contributed by atoms with van der Waals surface area (Å²) in [6.07, 6.45) is 6.91. The number of piperazine rings is 1. The maximum atomic E-state index is 15.1. The van der Waals surface area contributed by atoms with Crippen LogP contribution < -0.4 is 25.6 Å². The third-order valence-electron chi connectivity index (χ3n) is 7.21. The number of benzene rings is 1. The predicted molar refractivity (Wildman–Crippen MR) is 174 cm³/mol. The van der Waals surface area contributed by atoms with E-state index in [2.05, 4.69) is 32.9 Å². The quantitative estimate of drug-likeness (QED) is 0.138. The van der Waals surface area contributed by atoms with Gasteiger partial charge < -0.3 is 25.1 Å². The van der Waals surface area contributed by atoms with Crippen LogP contribution in [0.5, 0.6) is 5.75 Å². The standard InChI is InChI=1S/C27H33FN8O6S3/c1-44(2)11-10-40-17-4-5-20(18(28)13-17)34-7-6-30-19(14-34)16-12-21(41-15-16)23-31-25-22-24(32-26(29)36(25)33-23)35(27(37)43-22)8-9-42-45(3,38)39/h4-5,12-13,15,19,30,44H,6-11,14H2,1-3H3,(H2,29,32). The number of halogens is 1. The SMILES string of the molecule is C[SH](C)CCOc1ccc(N2CCNC(c3coc(-c4nc5c6sc(=O)n(CCOS(C)(=O)=O)c6nc(N)n5n4)c3)C2)c(F)c1. The first-order chi connectivity index (χ1) is 21.5. The Morgan fingerprint density at radius 3 is 2.80 bits per heavy atom. The molecule has 0 amide bonds. The molecule has 242 valence electrons. The summed E-state index contributed by atoms with van der Waals surface area (Å²) in [5, 5.41) is 7.92. The third-order valence-corrected chi connectivity index (χ3v) is 9.85. The molecular formula is C27H33FN8O6S3. The first-order valence-electron chi connectivity index (χ1n) is 14.0. The Morgan fingerprint density at radius 2 is 2.04 bits per heavy atom. The van der Waals surface area contributed by atoms with E-state index in [1.165, 1.54) is 15.1 Å². The van der Waals surface area contributed by atoms with Crippen LogP contribution in [0.4, 0.5) is 16.0 Å². The fraction of sp³-hybridized carbons (Fsp3) is 0.407. The van der Waals surface area contributed by atoms with Crippen molar-refractivity contribution in [2.45, 2.75) is 12.6 Å². The van der Waals surface area contributed by atoms with Crippen molar-refractivity contribution >= 4 is 60.0 Å². The lowest BCUT2D eigenvalue weighted by Crippen LogP contribution is -2.46. The predicted octanol–water partition coefficient (Wildman–Crippen LogP) is 2.25. The molecule has 6 rings (SSSR count). The first kappa shape index (κ1) is 31.3. The maximum absolute atomic E-state index is 15.1. The molecule has 1 fully saturated rings. The minimum Gasteiger partial charge on any atom is -0.493 e. The fourth-order valence-corrected chi connectivity index (χ4v) is 6.80. The van der Waals surface area contributed by atoms with E-state index < -0.39 is 10.1 Å². The third kappa shape index (κ3) is 6.79. The molecule has 5 heterocycles. The second-order valence-electron chi connectivity index (χ2n) is 10.8. The van der Waals surface area contributed by atoms with E-state index in [9.17, 15) is 13.2 Å². The fourth-order valence-electron chi connectivity index (χ4n) is 5.03. The highest BCUT2D eigenvalue weighted by Crippen LogP contribution is 2.31. The van der Waals surface area contributed by atoms with E-state index in [1.807, 2.05) is 11.0 Å². The molecule has 45 heavy (non-hydrogen) atoms. The topological polar surface area (TPSA) is 172 Å². The smallest absolute Gasteiger partial charge is 0.309 e. The largest absolute Gasteiger partial charge is 0.493 e. The summed E-state index contributed by atoms with van der Waals surface area (Å²) < 4.78 is 57.2. The van der Waals surface area contributed by atoms with Crippen LogP contribution in [-0.2, 0) is 20.8 Å². The van der Waals surface area contributed by atoms with Crippen molar-refractivity contribution < 1.29 is 26.1 Å². The van der Waals surface area contributed by atoms with Crippen LogP contribution in [0.3, 0.4) is 0 Å². The van der Waals surface area contributed by atoms with Gasteiger partial charge in [0.2, 0.25) is 11.8 Å². The molecule has 14 nitrogen and oxygen atoms in total. The number of furan rings is 1. The average molecular weight is 681 g/mol. The normalized spacial score (nSPS) is 16.1. The van der Waals surface area contributed by atoms with Gasteiger partial charge in [0.1, 0.15) is 16.3 Å². The van der Waals surface area contributed by atoms with Gasteiger partial charge in [0.15, 0.2) is 17.1 Å². The molecule has 1 aromatic carbocycles. The van der Waals surface area contributed by atoms with E-state index in [0.29, 0.717) is 53.8 Å². The molecule has 1 saturated heterocycles. The molecule has 1 aliphatic heterocycles. The highest BCUT2D eigenvalue weighted by Gasteiger charge is 2.26. The van der Waals surface area contributed by atoms with Gasteiger partial charge in [-0.25, -0.2) is 9.37 Å². The Balaban J connectivity index is 1.20. The molecule has 1 atom stereocenters. The summed E-state index contributed by atoms with van der Waals surface area (Å²) >= 11 is 0.893. The lowest BCUT2D eigenvalue weighted by Gasteiger charge is -2.35. The summed E-state index contributed by atoms with van der Waals surface area (Å²) in [5.74, 6) is 1.76. The number of rotatable bonds is 11. The number of ether oxygens (including phenoxy) is 1. The van der Waals surface area contributed by atoms with Crippen LogP contribution in [0.2, 0.25) is 0 Å². The maximum Gasteiger partial charge on any atom is 0.309 e. The number of nitrogen functional groups attached to an aromatic ring is 1. The number of aromatic nitrogens is 5. The van der Waals surface area contributed by atoms with Crippen LogP contribution in [0.25, 0.3) is 27.6 Å². The Morgan fingerprint density at radius 1 is 1.22 bits per heavy atom. The molecule has 0 saturated carbocycles. The summed E-state index contributed by atoms with van der Waals surface area (Å²) in [4.78, 5) is 23.2. The number of nitrogens with zero attached hydrogens (tertiary/aromatic N) is 6. The van der Waals surface area contributed by atoms with Crippen LogP contribution in [0.1, 0.15) is 11.6 Å². The Bertz CT molecular complexity index is 2020. The number of nitrogens with two attached hydrogens (primary N) is 1. The molecule has 18 heteroatoms. The van der Waals surface area contributed by atoms with Crippen molar-refractivity contribution in [2.75, 3.05) is 68.0 Å². The van der Waals surface area contributed by atoms with Gasteiger partial charge in [-0.3, -0.25) is 24.4 Å². The lowest BCUT2D eigenvalue weighted by molar-refractivity contribution is 0.304. The lowest BCUT2D eigenvalue weighted by atomic mass is 10.1. The van der Waals surface area contributed by atoms with E-state index in [0.717, 1.165) is 28.9 Å². The average Bonchev–Trinajstić information content (AvgIpc) is 3.71. The summed E-state index contributed by atoms with van der Waals surface area (Å²) in [7, 11) is -3.74. The highest BCUT2D eigenvalue weighted by molar-refractivity contribution is 8.15. The number of hydrogen-bond donors (Lipinski definition) is 3. The molecule has 0 radical (unpaired) electrons. The van der Waals surface area contributed by atoms with Gasteiger partial charge in [0, 0.05) is 37.0 Å². The van der Waals surface area contributed by atoms with Crippen LogP contribution >= 0.6 is 22.2 Å². The molecule has 0 spiro atoms. The van der Waals surface area contributed by atoms with Gasteiger partial charge in [0.25, 0.3) is 10.1 Å². The Kier molecular flexibility index (Phi) is 8.75. The number of thiol groups is 1. The molecule has 1 unspecified atom stereocenters. The van der Waals surface area contributed by atoms with Crippen molar-refractivity contribution in [3.63, 3.8) is 0 Å². The zero-order chi connectivity index (χ0) is 31.9. The van der Waals surface area contributed by atoms with Gasteiger partial charge >= 0.3 is 4.87 Å². The first-order valence-corrected chi connectivity index (χ1v) is 19.1. The van der Waals surface area contributed by atoms with E-state index in [1.54, 1.807) is 18.4 Å². The summed E-state index contributed by atoms with van der Waals surface area (Å²) in [5.41, 5.74) is 8.07. The Labute approximate surface area is 264 Å². The van der Waals surface area contributed by atoms with Crippen LogP contribution in [0.15, 0.2) is 39.7 Å². The van der Waals surface area contributed by atoms with Crippen molar-refractivity contribution in [3.8, 4) is 17.3 Å². The monoisotopic (exact) mass is 680 g/mol. The Hall–Kier alpha value is -3.71. The minimum absolute atomic E-state index is 0.0116. The second-order valence-corrected chi connectivity index (χ2v) is 16.0. The molecule has 1 aliphatic rings. The molecular weight excluding hydrogens is 648 g/mol. The number of hydrogen-bond acceptors (Lipinski definition) is 13. The van der Waals surface area contributed by atoms with Crippen molar-refractivity contribution in [3.05, 3.63) is 51.6 Å². The van der Waals surface area contributed by atoms with Crippen molar-refractivity contribution in [1.29, 1.82) is 0 Å². The van der Waals surface area contributed by atoms with Crippen molar-refractivity contribution in [2.24, 2.45) is 0 Å². The van der Waals surface area contributed by atoms with Crippen LogP contribution in [0, 0.1) is 5.82 Å². The molecule has 3 N–H and O–H groups in total. The van der Waals surface area contributed by atoms with E-state index >= 15 is 4.39 Å². The van der Waals surface area contributed by atoms with Gasteiger partial charge in [-0.2, -0.15) is 17.9 Å². The van der Waals surface area contributed by atoms with Gasteiger partial charge in [0.05, 0.1) is 44.0 Å². The summed E-state index contributed by atoms with van der Waals surface area (Å²) in [6, 6.07) is 6.67. The number of nitrogens with one attached hydrogen (secondary N) is 1. The van der Waals surface area contributed by atoms with Gasteiger partial charge in [-0.05, 0) is 30.7 Å². The number of anilines is 2. The van der Waals surface area contributed by atoms with E-state index in [4.69, 9.17) is 19.1 Å². The van der Waals surface area contributed by atoms with E-state index in [-0.39, 0.29) is 58.2 Å². The highest BCUT2D eigenvalue weighted by atomic mass is 32.2. The van der Waals surface area contributed by atoms with Gasteiger partial charge in [-0.1, -0.05) is 11.3 Å². The zero-order valence-electron chi connectivity index (χ0n) is 24.8. The van der Waals surface area contributed by atoms with Crippen LogP contribution in [-0.4, -0.2) is 89.9 Å². The second kappa shape index (κ2) is 12.6. The minimum atomic E-state index is -3.67. The zero-order valence-corrected chi connectivity index (χ0v) is 27.3. The number of thiazole rings is 1. The summed E-state index contributed by atoms with van der Waals surface area (Å²) in [6.45, 7) is 2.07. The molecule has 4 aromatic heterocycles.